The number of benzene rings is 1. The van der Waals surface area contributed by atoms with Crippen molar-refractivity contribution in [2.45, 2.75) is 32.4 Å². The molecular weight excluding hydrogens is 382 g/mol. The average molecular weight is 402 g/mol. The number of halogens is 1. The smallest absolute Gasteiger partial charge is 0.405 e. The fraction of sp³-hybridized carbons (Fsp3) is 0.438. The van der Waals surface area contributed by atoms with Gasteiger partial charge in [-0.2, -0.15) is 0 Å². The summed E-state index contributed by atoms with van der Waals surface area (Å²) >= 11 is 6.13. The molecule has 0 aliphatic heterocycles. The number of carbonyl (C=O) groups is 1. The molecule has 0 bridgehead atoms. The molecule has 142 valence electrons. The zero-order valence-electron chi connectivity index (χ0n) is 14.4. The lowest BCUT2D eigenvalue weighted by molar-refractivity contribution is 0.188. The molecule has 0 aliphatic rings. The Labute approximate surface area is 155 Å². The van der Waals surface area contributed by atoms with E-state index < -0.39 is 27.5 Å². The maximum Gasteiger partial charge on any atom is 0.405 e. The van der Waals surface area contributed by atoms with Gasteiger partial charge in [-0.25, -0.2) is 18.2 Å². The largest absolute Gasteiger partial charge is 0.465 e. The van der Waals surface area contributed by atoms with Crippen molar-refractivity contribution in [3.63, 3.8) is 0 Å². The van der Waals surface area contributed by atoms with E-state index in [0.29, 0.717) is 11.9 Å². The summed E-state index contributed by atoms with van der Waals surface area (Å²) in [4.78, 5) is 28.5. The van der Waals surface area contributed by atoms with Gasteiger partial charge in [-0.15, -0.1) is 0 Å². The molecule has 2 N–H and O–H groups in total. The second-order valence-electron chi connectivity index (χ2n) is 5.95. The number of aromatic nitrogens is 2. The van der Waals surface area contributed by atoms with Crippen LogP contribution >= 0.6 is 11.6 Å². The zero-order chi connectivity index (χ0) is 19.5. The Morgan fingerprint density at radius 2 is 2.12 bits per heavy atom. The lowest BCUT2D eigenvalue weighted by atomic mass is 10.1. The molecule has 1 amide bonds. The molecule has 1 heterocycles. The van der Waals surface area contributed by atoms with Crippen LogP contribution in [0.25, 0.3) is 10.9 Å². The fourth-order valence-electron chi connectivity index (χ4n) is 2.71. The Kier molecular flexibility index (Phi) is 6.25. The van der Waals surface area contributed by atoms with Crippen molar-refractivity contribution in [2.75, 3.05) is 12.0 Å². The molecule has 8 nitrogen and oxygen atoms in total. The second kappa shape index (κ2) is 8.05. The lowest BCUT2D eigenvalue weighted by Crippen LogP contribution is -2.34. The maximum absolute atomic E-state index is 12.9. The lowest BCUT2D eigenvalue weighted by Gasteiger charge is -2.20. The first-order chi connectivity index (χ1) is 12.1. The van der Waals surface area contributed by atoms with Gasteiger partial charge in [-0.1, -0.05) is 24.6 Å². The van der Waals surface area contributed by atoms with Gasteiger partial charge in [0.15, 0.2) is 0 Å². The SMILES string of the molecule is CCC(NC(=O)O)c1nc2cccc(Cl)c2c(=O)n1CCCS(C)(=O)=O. The highest BCUT2D eigenvalue weighted by molar-refractivity contribution is 7.90. The van der Waals surface area contributed by atoms with Crippen LogP contribution in [0.3, 0.4) is 0 Å². The summed E-state index contributed by atoms with van der Waals surface area (Å²) in [5, 5.41) is 11.9. The van der Waals surface area contributed by atoms with Crippen LogP contribution in [0.2, 0.25) is 5.02 Å². The van der Waals surface area contributed by atoms with Crippen molar-refractivity contribution in [3.8, 4) is 0 Å². The Morgan fingerprint density at radius 1 is 1.42 bits per heavy atom. The zero-order valence-corrected chi connectivity index (χ0v) is 16.0. The topological polar surface area (TPSA) is 118 Å². The van der Waals surface area contributed by atoms with Crippen molar-refractivity contribution in [3.05, 3.63) is 39.4 Å². The Bertz CT molecular complexity index is 987. The molecule has 1 atom stereocenters. The van der Waals surface area contributed by atoms with E-state index in [1.165, 1.54) is 4.57 Å². The van der Waals surface area contributed by atoms with Crippen molar-refractivity contribution < 1.29 is 18.3 Å². The summed E-state index contributed by atoms with van der Waals surface area (Å²) in [7, 11) is -3.19. The average Bonchev–Trinajstić information content (AvgIpc) is 2.53. The Hall–Kier alpha value is -2.13. The first-order valence-electron chi connectivity index (χ1n) is 8.00. The van der Waals surface area contributed by atoms with Gasteiger partial charge in [0.25, 0.3) is 5.56 Å². The normalized spacial score (nSPS) is 12.9. The minimum atomic E-state index is -3.19. The summed E-state index contributed by atoms with van der Waals surface area (Å²) in [5.74, 6) is 0.144. The van der Waals surface area contributed by atoms with Crippen molar-refractivity contribution in [1.82, 2.24) is 14.9 Å². The number of rotatable bonds is 7. The van der Waals surface area contributed by atoms with Gasteiger partial charge in [-0.05, 0) is 25.0 Å². The van der Waals surface area contributed by atoms with E-state index in [1.54, 1.807) is 25.1 Å². The summed E-state index contributed by atoms with van der Waals surface area (Å²) in [6, 6.07) is 4.14. The van der Waals surface area contributed by atoms with Crippen LogP contribution in [0.15, 0.2) is 23.0 Å². The molecular formula is C16H20ClN3O5S. The number of nitrogens with zero attached hydrogens (tertiary/aromatic N) is 2. The van der Waals surface area contributed by atoms with E-state index in [0.717, 1.165) is 6.26 Å². The quantitative estimate of drug-likeness (QED) is 0.734. The number of carboxylic acid groups (broad SMARTS) is 1. The van der Waals surface area contributed by atoms with Crippen LogP contribution in [0.5, 0.6) is 0 Å². The van der Waals surface area contributed by atoms with Crippen LogP contribution in [0.1, 0.15) is 31.6 Å². The predicted octanol–water partition coefficient (Wildman–Crippen LogP) is 2.20. The number of amides is 1. The molecule has 2 rings (SSSR count). The Morgan fingerprint density at radius 3 is 2.69 bits per heavy atom. The first kappa shape index (κ1) is 20.2. The van der Waals surface area contributed by atoms with Crippen molar-refractivity contribution in [1.29, 1.82) is 0 Å². The van der Waals surface area contributed by atoms with E-state index in [2.05, 4.69) is 10.3 Å². The van der Waals surface area contributed by atoms with Crippen LogP contribution in [-0.4, -0.2) is 41.2 Å². The van der Waals surface area contributed by atoms with Crippen LogP contribution < -0.4 is 10.9 Å². The number of sulfone groups is 1. The third-order valence-electron chi connectivity index (χ3n) is 3.88. The van der Waals surface area contributed by atoms with Gasteiger partial charge in [0.1, 0.15) is 15.7 Å². The van der Waals surface area contributed by atoms with Gasteiger partial charge in [0.05, 0.1) is 27.7 Å². The molecule has 0 saturated carbocycles. The molecule has 1 unspecified atom stereocenters. The highest BCUT2D eigenvalue weighted by Crippen LogP contribution is 2.22. The van der Waals surface area contributed by atoms with Gasteiger partial charge < -0.3 is 10.4 Å². The third kappa shape index (κ3) is 4.73. The summed E-state index contributed by atoms with van der Waals surface area (Å²) in [6.07, 6.45) is 0.455. The minimum absolute atomic E-state index is 0.0905. The molecule has 1 aromatic carbocycles. The number of hydrogen-bond donors (Lipinski definition) is 2. The van der Waals surface area contributed by atoms with Crippen molar-refractivity contribution in [2.24, 2.45) is 0 Å². The first-order valence-corrected chi connectivity index (χ1v) is 10.4. The molecule has 10 heteroatoms. The number of fused-ring (bicyclic) bond motifs is 1. The number of hydrogen-bond acceptors (Lipinski definition) is 5. The second-order valence-corrected chi connectivity index (χ2v) is 8.62. The highest BCUT2D eigenvalue weighted by atomic mass is 35.5. The molecule has 0 aliphatic carbocycles. The fourth-order valence-corrected chi connectivity index (χ4v) is 3.61. The van der Waals surface area contributed by atoms with E-state index in [9.17, 15) is 18.0 Å². The van der Waals surface area contributed by atoms with Crippen LogP contribution in [0.4, 0.5) is 4.79 Å². The van der Waals surface area contributed by atoms with Gasteiger partial charge >= 0.3 is 6.09 Å². The summed E-state index contributed by atoms with van der Waals surface area (Å²) in [6.45, 7) is 1.85. The van der Waals surface area contributed by atoms with Gasteiger partial charge in [0, 0.05) is 12.8 Å². The monoisotopic (exact) mass is 401 g/mol. The molecule has 0 spiro atoms. The van der Waals surface area contributed by atoms with E-state index >= 15 is 0 Å². The molecule has 0 radical (unpaired) electrons. The van der Waals surface area contributed by atoms with E-state index in [4.69, 9.17) is 16.7 Å². The van der Waals surface area contributed by atoms with Crippen LogP contribution in [0, 0.1) is 0 Å². The van der Waals surface area contributed by atoms with Crippen LogP contribution in [-0.2, 0) is 16.4 Å². The minimum Gasteiger partial charge on any atom is -0.465 e. The summed E-state index contributed by atoms with van der Waals surface area (Å²) < 4.78 is 24.1. The molecule has 0 fully saturated rings. The molecule has 26 heavy (non-hydrogen) atoms. The van der Waals surface area contributed by atoms with E-state index in [-0.39, 0.29) is 35.0 Å². The van der Waals surface area contributed by atoms with Gasteiger partial charge in [0.2, 0.25) is 0 Å². The third-order valence-corrected chi connectivity index (χ3v) is 5.22. The standard InChI is InChI=1S/C16H20ClN3O5S/c1-3-11(19-16(22)23)14-18-12-7-4-6-10(17)13(12)15(21)20(14)8-5-9-26(2,24)25/h4,6-7,11,19H,3,5,8-9H2,1-2H3,(H,22,23). The van der Waals surface area contributed by atoms with Crippen molar-refractivity contribution >= 4 is 38.4 Å². The van der Waals surface area contributed by atoms with Gasteiger partial charge in [-0.3, -0.25) is 9.36 Å². The predicted molar refractivity (Wildman–Crippen MR) is 99.5 cm³/mol. The van der Waals surface area contributed by atoms with E-state index in [1.807, 2.05) is 0 Å². The summed E-state index contributed by atoms with van der Waals surface area (Å²) in [5.41, 5.74) is -0.0581. The molecule has 0 saturated heterocycles. The maximum atomic E-state index is 12.9. The molecule has 2 aromatic rings. The number of nitrogens with one attached hydrogen (secondary N) is 1. The Balaban J connectivity index is 2.61. The highest BCUT2D eigenvalue weighted by Gasteiger charge is 2.21. The molecule has 1 aromatic heterocycles.